The molecule has 3 N–H and O–H groups in total. The van der Waals surface area contributed by atoms with Gasteiger partial charge in [-0.15, -0.1) is 0 Å². The van der Waals surface area contributed by atoms with Crippen LogP contribution in [0.4, 0.5) is 0 Å². The van der Waals surface area contributed by atoms with Crippen molar-refractivity contribution in [1.29, 1.82) is 0 Å². The minimum Gasteiger partial charge on any atom is -0.462 e. The fourth-order valence-electron chi connectivity index (χ4n) is 11.1. The number of hydrogen-bond donors (Lipinski definition) is 3. The van der Waals surface area contributed by atoms with E-state index in [9.17, 15) is 43.2 Å². The van der Waals surface area contributed by atoms with E-state index < -0.39 is 97.5 Å². The van der Waals surface area contributed by atoms with Crippen molar-refractivity contribution < 1.29 is 80.2 Å². The van der Waals surface area contributed by atoms with E-state index in [1.54, 1.807) is 0 Å². The van der Waals surface area contributed by atoms with Crippen LogP contribution in [0.1, 0.15) is 374 Å². The third kappa shape index (κ3) is 71.4. The van der Waals surface area contributed by atoms with E-state index in [1.165, 1.54) is 141 Å². The number of aliphatic hydroxyl groups is 1. The fraction of sp³-hybridized carbons (Fsp3) is 0.848. The smallest absolute Gasteiger partial charge is 0.462 e. The SMILES string of the molecule is CCCCCC/C=C\CCCCCCCC(=O)OC[C@H](COP(=O)(O)OC[C@@H](O)COP(=O)(O)OC[C@@H](COC(=O)CCCCCCC/C=C\CCCCCCCC)OC(=O)CCCCCCC/C=C\CCCCCCCC)OC(=O)CCCCCCC/C=C\CCCCCCCC. The van der Waals surface area contributed by atoms with Crippen molar-refractivity contribution in [3.8, 4) is 0 Å². The van der Waals surface area contributed by atoms with E-state index in [0.717, 1.165) is 154 Å². The largest absolute Gasteiger partial charge is 0.472 e. The molecule has 574 valence electrons. The van der Waals surface area contributed by atoms with Crippen LogP contribution >= 0.6 is 15.6 Å². The van der Waals surface area contributed by atoms with Crippen LogP contribution in [0.5, 0.6) is 0 Å². The first-order valence-electron chi connectivity index (χ1n) is 39.9. The molecule has 0 aliphatic carbocycles. The molecular formula is C79H146O17P2. The van der Waals surface area contributed by atoms with E-state index in [-0.39, 0.29) is 25.7 Å². The molecule has 0 aliphatic heterocycles. The normalized spacial score (nSPS) is 14.2. The Hall–Kier alpha value is -2.98. The molecule has 0 radical (unpaired) electrons. The van der Waals surface area contributed by atoms with E-state index in [1.807, 2.05) is 0 Å². The van der Waals surface area contributed by atoms with E-state index in [0.29, 0.717) is 25.7 Å². The standard InChI is InChI=1S/C79H146O17P2/c1-5-9-13-17-21-25-29-33-36-40-44-48-52-56-60-64-77(82)90-70-75(96-79(84)66-62-58-54-50-46-42-38-35-31-27-23-19-15-11-7-3)72-94-98(87,88)92-68-73(80)67-91-97(85,86)93-71-74(69-89-76(81)63-59-55-51-47-43-39-32-28-24-20-16-12-8-4)95-78(83)65-61-57-53-49-45-41-37-34-30-26-22-18-14-10-6-2/h28,32-38,73-75,80H,5-27,29-31,39-72H2,1-4H3,(H,85,86)(H,87,88)/b32-28-,36-33-,37-34-,38-35-/t73-,74-,75-/m1/s1. The number of carbonyl (C=O) groups excluding carboxylic acids is 4. The molecule has 0 aliphatic rings. The molecule has 5 atom stereocenters. The maximum absolute atomic E-state index is 13.1. The lowest BCUT2D eigenvalue weighted by molar-refractivity contribution is -0.161. The number of aliphatic hydroxyl groups excluding tert-OH is 1. The molecular weight excluding hydrogens is 1280 g/mol. The average molecular weight is 1430 g/mol. The predicted octanol–water partition coefficient (Wildman–Crippen LogP) is 22.9. The van der Waals surface area contributed by atoms with E-state index in [4.69, 9.17) is 37.0 Å². The summed E-state index contributed by atoms with van der Waals surface area (Å²) in [6, 6.07) is 0. The summed E-state index contributed by atoms with van der Waals surface area (Å²) >= 11 is 0. The van der Waals surface area contributed by atoms with Gasteiger partial charge in [-0.25, -0.2) is 9.13 Å². The van der Waals surface area contributed by atoms with Gasteiger partial charge in [-0.2, -0.15) is 0 Å². The molecule has 0 rings (SSSR count). The number of allylic oxidation sites excluding steroid dienone is 8. The van der Waals surface area contributed by atoms with Crippen LogP contribution in [0.25, 0.3) is 0 Å². The van der Waals surface area contributed by atoms with Gasteiger partial charge in [0.05, 0.1) is 26.4 Å². The summed E-state index contributed by atoms with van der Waals surface area (Å²) < 4.78 is 68.6. The molecule has 17 nitrogen and oxygen atoms in total. The maximum atomic E-state index is 13.1. The monoisotopic (exact) mass is 1430 g/mol. The molecule has 0 aromatic heterocycles. The van der Waals surface area contributed by atoms with Gasteiger partial charge in [-0.05, 0) is 128 Å². The first-order chi connectivity index (χ1) is 47.7. The zero-order valence-corrected chi connectivity index (χ0v) is 64.5. The molecule has 0 amide bonds. The number of esters is 4. The molecule has 0 heterocycles. The van der Waals surface area contributed by atoms with Crippen LogP contribution in [0.2, 0.25) is 0 Å². The molecule has 0 aromatic carbocycles. The summed E-state index contributed by atoms with van der Waals surface area (Å²) in [4.78, 5) is 72.9. The molecule has 0 saturated heterocycles. The second-order valence-corrected chi connectivity index (χ2v) is 29.9. The molecule has 19 heteroatoms. The van der Waals surface area contributed by atoms with Crippen LogP contribution in [-0.4, -0.2) is 96.7 Å². The van der Waals surface area contributed by atoms with Gasteiger partial charge >= 0.3 is 39.5 Å². The number of ether oxygens (including phenoxy) is 4. The third-order valence-corrected chi connectivity index (χ3v) is 19.1. The first kappa shape index (κ1) is 95.0. The molecule has 0 spiro atoms. The lowest BCUT2D eigenvalue weighted by atomic mass is 10.1. The van der Waals surface area contributed by atoms with Crippen molar-refractivity contribution in [2.45, 2.75) is 393 Å². The summed E-state index contributed by atoms with van der Waals surface area (Å²) in [6.45, 7) is 4.88. The van der Waals surface area contributed by atoms with Crippen LogP contribution in [0.15, 0.2) is 48.6 Å². The van der Waals surface area contributed by atoms with E-state index >= 15 is 0 Å². The molecule has 2 unspecified atom stereocenters. The van der Waals surface area contributed by atoms with E-state index in [2.05, 4.69) is 76.3 Å². The van der Waals surface area contributed by atoms with Gasteiger partial charge in [-0.1, -0.05) is 269 Å². The van der Waals surface area contributed by atoms with Gasteiger partial charge in [0.2, 0.25) is 0 Å². The third-order valence-electron chi connectivity index (χ3n) is 17.2. The maximum Gasteiger partial charge on any atom is 0.472 e. The van der Waals surface area contributed by atoms with Gasteiger partial charge < -0.3 is 33.8 Å². The van der Waals surface area contributed by atoms with Crippen molar-refractivity contribution in [3.05, 3.63) is 48.6 Å². The van der Waals surface area contributed by atoms with Crippen molar-refractivity contribution in [2.24, 2.45) is 0 Å². The summed E-state index contributed by atoms with van der Waals surface area (Å²) in [6.07, 6.45) is 69.4. The Morgan fingerprint density at radius 1 is 0.276 bits per heavy atom. The number of carbonyl (C=O) groups is 4. The minimum absolute atomic E-state index is 0.0882. The lowest BCUT2D eigenvalue weighted by Gasteiger charge is -2.21. The Morgan fingerprint density at radius 2 is 0.469 bits per heavy atom. The second-order valence-electron chi connectivity index (χ2n) is 27.0. The molecule has 0 aromatic rings. The summed E-state index contributed by atoms with van der Waals surface area (Å²) in [7, 11) is -9.94. The van der Waals surface area contributed by atoms with Crippen molar-refractivity contribution in [2.75, 3.05) is 39.6 Å². The van der Waals surface area contributed by atoms with Crippen LogP contribution in [0.3, 0.4) is 0 Å². The zero-order valence-electron chi connectivity index (χ0n) is 62.7. The Kier molecular flexibility index (Phi) is 70.2. The van der Waals surface area contributed by atoms with Crippen molar-refractivity contribution >= 4 is 39.5 Å². The summed E-state index contributed by atoms with van der Waals surface area (Å²) in [5, 5.41) is 10.6. The van der Waals surface area contributed by atoms with Gasteiger partial charge in [0.15, 0.2) is 12.2 Å². The Morgan fingerprint density at radius 3 is 0.714 bits per heavy atom. The van der Waals surface area contributed by atoms with Crippen molar-refractivity contribution in [1.82, 2.24) is 0 Å². The quantitative estimate of drug-likeness (QED) is 0.0169. The van der Waals surface area contributed by atoms with Gasteiger partial charge in [0.1, 0.15) is 19.3 Å². The van der Waals surface area contributed by atoms with Crippen LogP contribution in [-0.2, 0) is 65.4 Å². The van der Waals surface area contributed by atoms with Crippen LogP contribution < -0.4 is 0 Å². The summed E-state index contributed by atoms with van der Waals surface area (Å²) in [5.74, 6) is -2.18. The van der Waals surface area contributed by atoms with Crippen molar-refractivity contribution in [3.63, 3.8) is 0 Å². The number of unbranched alkanes of at least 4 members (excludes halogenated alkanes) is 42. The summed E-state index contributed by atoms with van der Waals surface area (Å²) in [5.41, 5.74) is 0. The fourth-order valence-corrected chi connectivity index (χ4v) is 12.7. The number of rotatable bonds is 76. The molecule has 0 bridgehead atoms. The Balaban J connectivity index is 5.34. The second kappa shape index (κ2) is 72.4. The number of phosphoric ester groups is 2. The molecule has 98 heavy (non-hydrogen) atoms. The Labute approximate surface area is 597 Å². The lowest BCUT2D eigenvalue weighted by Crippen LogP contribution is -2.30. The highest BCUT2D eigenvalue weighted by atomic mass is 31.2. The zero-order chi connectivity index (χ0) is 71.8. The first-order valence-corrected chi connectivity index (χ1v) is 42.9. The Bertz CT molecular complexity index is 2050. The number of phosphoric acid groups is 2. The number of hydrogen-bond acceptors (Lipinski definition) is 15. The highest BCUT2D eigenvalue weighted by Crippen LogP contribution is 2.45. The van der Waals surface area contributed by atoms with Gasteiger partial charge in [0.25, 0.3) is 0 Å². The van der Waals surface area contributed by atoms with Gasteiger partial charge in [0, 0.05) is 25.7 Å². The topological polar surface area (TPSA) is 237 Å². The highest BCUT2D eigenvalue weighted by Gasteiger charge is 2.30. The predicted molar refractivity (Wildman–Crippen MR) is 400 cm³/mol. The highest BCUT2D eigenvalue weighted by molar-refractivity contribution is 7.47. The van der Waals surface area contributed by atoms with Gasteiger partial charge in [-0.3, -0.25) is 37.3 Å². The molecule has 0 fully saturated rings. The molecule has 0 saturated carbocycles. The van der Waals surface area contributed by atoms with Crippen LogP contribution in [0, 0.1) is 0 Å². The average Bonchev–Trinajstić information content (AvgIpc) is 0.977. The minimum atomic E-state index is -4.97.